The summed E-state index contributed by atoms with van der Waals surface area (Å²) in [6.45, 7) is 5.32. The molecule has 202 valence electrons. The number of amides is 2. The average molecular weight is 563 g/mol. The lowest BCUT2D eigenvalue weighted by atomic mass is 10.0. The maximum atomic E-state index is 13.0. The minimum absolute atomic E-state index is 0.0864. The highest BCUT2D eigenvalue weighted by Gasteiger charge is 2.54. The lowest BCUT2D eigenvalue weighted by Crippen LogP contribution is -2.71. The van der Waals surface area contributed by atoms with Crippen LogP contribution in [0.2, 0.25) is 0 Å². The largest absolute Gasteiger partial charge is 0.477 e. The SMILES string of the molecule is CC1CNCC[N+]1(C)C/C=C/C1=C(C(=O)O)N2C(=O)[C@@H](NC(=O)/C(=N\OCC#N)c3nsc(N)n3)[C@@H]2SC1. The number of aromatic nitrogens is 2. The molecule has 0 aromatic carbocycles. The monoisotopic (exact) mass is 562 g/mol. The number of carbonyl (C=O) groups is 3. The van der Waals surface area contributed by atoms with Crippen LogP contribution in [0.4, 0.5) is 5.13 Å². The molecule has 4 rings (SSSR count). The minimum Gasteiger partial charge on any atom is -0.477 e. The van der Waals surface area contributed by atoms with E-state index < -0.39 is 35.8 Å². The number of nitriles is 1. The third-order valence-corrected chi connectivity index (χ3v) is 8.63. The first-order valence-corrected chi connectivity index (χ1v) is 13.6. The smallest absolute Gasteiger partial charge is 0.352 e. The number of likely N-dealkylation sites (N-methyl/N-ethyl adjacent to an activating group) is 1. The Labute approximate surface area is 226 Å². The van der Waals surface area contributed by atoms with E-state index in [1.54, 1.807) is 12.1 Å². The highest BCUT2D eigenvalue weighted by Crippen LogP contribution is 2.40. The molecular formula is C22H28N9O5S2+. The number of carbonyl (C=O) groups excluding carboxylic acids is 2. The number of quaternary nitrogens is 1. The average Bonchev–Trinajstić information content (AvgIpc) is 3.32. The number of nitrogens with one attached hydrogen (secondary N) is 2. The highest BCUT2D eigenvalue weighted by atomic mass is 32.2. The van der Waals surface area contributed by atoms with Crippen molar-refractivity contribution in [2.75, 3.05) is 51.3 Å². The fourth-order valence-electron chi connectivity index (χ4n) is 4.41. The van der Waals surface area contributed by atoms with Gasteiger partial charge in [0.05, 0.1) is 26.2 Å². The van der Waals surface area contributed by atoms with Gasteiger partial charge in [-0.15, -0.1) is 11.8 Å². The summed E-state index contributed by atoms with van der Waals surface area (Å²) >= 11 is 2.19. The Morgan fingerprint density at radius 2 is 2.29 bits per heavy atom. The Balaban J connectivity index is 1.48. The second kappa shape index (κ2) is 11.5. The van der Waals surface area contributed by atoms with Crippen LogP contribution in [0.25, 0.3) is 0 Å². The number of β-lactam (4-membered cyclic amide) rings is 1. The molecule has 3 aliphatic rings. The fraction of sp³-hybridized carbons (Fsp3) is 0.500. The first-order chi connectivity index (χ1) is 18.2. The van der Waals surface area contributed by atoms with Gasteiger partial charge in [0.1, 0.15) is 23.2 Å². The summed E-state index contributed by atoms with van der Waals surface area (Å²) in [4.78, 5) is 48.1. The Morgan fingerprint density at radius 1 is 1.50 bits per heavy atom. The summed E-state index contributed by atoms with van der Waals surface area (Å²) in [6.07, 6.45) is 3.76. The predicted molar refractivity (Wildman–Crippen MR) is 139 cm³/mol. The molecule has 14 nitrogen and oxygen atoms in total. The van der Waals surface area contributed by atoms with E-state index in [0.29, 0.717) is 17.4 Å². The molecule has 5 N–H and O–H groups in total. The van der Waals surface area contributed by atoms with E-state index in [2.05, 4.69) is 39.1 Å². The van der Waals surface area contributed by atoms with Crippen molar-refractivity contribution in [2.45, 2.75) is 24.4 Å². The van der Waals surface area contributed by atoms with E-state index in [1.807, 2.05) is 6.08 Å². The second-order valence-corrected chi connectivity index (χ2v) is 11.1. The number of allylic oxidation sites excluding steroid dienone is 1. The maximum Gasteiger partial charge on any atom is 0.352 e. The van der Waals surface area contributed by atoms with Crippen molar-refractivity contribution in [1.82, 2.24) is 24.9 Å². The molecule has 4 atom stereocenters. The number of anilines is 1. The third kappa shape index (κ3) is 5.50. The number of fused-ring (bicyclic) bond motifs is 1. The van der Waals surface area contributed by atoms with Crippen molar-refractivity contribution in [2.24, 2.45) is 5.16 Å². The van der Waals surface area contributed by atoms with Crippen LogP contribution in [0.15, 0.2) is 28.6 Å². The summed E-state index contributed by atoms with van der Waals surface area (Å²) in [7, 11) is 2.18. The summed E-state index contributed by atoms with van der Waals surface area (Å²) in [6, 6.07) is 1.15. The number of aliphatic carboxylic acids is 1. The van der Waals surface area contributed by atoms with Crippen molar-refractivity contribution >= 4 is 51.9 Å². The number of oxime groups is 1. The van der Waals surface area contributed by atoms with Crippen molar-refractivity contribution in [3.63, 3.8) is 0 Å². The van der Waals surface area contributed by atoms with E-state index in [4.69, 9.17) is 15.8 Å². The Hall–Kier alpha value is -3.52. The predicted octanol–water partition coefficient (Wildman–Crippen LogP) is -0.902. The van der Waals surface area contributed by atoms with Crippen LogP contribution in [0.5, 0.6) is 0 Å². The third-order valence-electron chi connectivity index (χ3n) is 6.79. The van der Waals surface area contributed by atoms with E-state index in [1.165, 1.54) is 16.7 Å². The molecule has 2 amide bonds. The molecule has 0 bridgehead atoms. The standard InChI is InChI=1S/C22H27N9O5S2/c1-12-10-25-6-8-31(12,2)7-3-4-13-11-37-20-15(19(33)30(20)16(13)21(34)35)26-18(32)14(28-36-9-5-23)17-27-22(24)38-29-17/h3-4,12,15,20,25H,6-11H2,1-2H3,(H3-,24,26,27,29,32,34,35)/p+1/b4-3+,28-14-/t12?,15-,20+,31?/m1/s1. The summed E-state index contributed by atoms with van der Waals surface area (Å²) in [5.74, 6) is -2.34. The molecule has 1 aromatic rings. The quantitative estimate of drug-likeness (QED) is 0.0957. The van der Waals surface area contributed by atoms with Crippen LogP contribution >= 0.6 is 23.3 Å². The van der Waals surface area contributed by atoms with Crippen LogP contribution in [0.1, 0.15) is 12.7 Å². The van der Waals surface area contributed by atoms with Gasteiger partial charge in [0, 0.05) is 30.4 Å². The normalized spacial score (nSPS) is 27.5. The van der Waals surface area contributed by atoms with Crippen LogP contribution in [0.3, 0.4) is 0 Å². The molecule has 38 heavy (non-hydrogen) atoms. The number of thioether (sulfide) groups is 1. The Morgan fingerprint density at radius 3 is 2.95 bits per heavy atom. The van der Waals surface area contributed by atoms with Gasteiger partial charge in [-0.2, -0.15) is 14.6 Å². The number of nitrogens with zero attached hydrogens (tertiary/aromatic N) is 6. The van der Waals surface area contributed by atoms with E-state index >= 15 is 0 Å². The molecule has 2 fully saturated rings. The minimum atomic E-state index is -1.21. The molecular weight excluding hydrogens is 534 g/mol. The Bertz CT molecular complexity index is 1260. The van der Waals surface area contributed by atoms with Crippen LogP contribution in [-0.4, -0.2) is 110 Å². The van der Waals surface area contributed by atoms with Crippen molar-refractivity contribution in [3.8, 4) is 6.07 Å². The van der Waals surface area contributed by atoms with E-state index in [9.17, 15) is 19.5 Å². The number of carboxylic acids is 1. The van der Waals surface area contributed by atoms with E-state index in [-0.39, 0.29) is 22.4 Å². The van der Waals surface area contributed by atoms with Gasteiger partial charge in [0.25, 0.3) is 11.8 Å². The van der Waals surface area contributed by atoms with Gasteiger partial charge in [0.15, 0.2) is 5.13 Å². The molecule has 0 aliphatic carbocycles. The zero-order valence-electron chi connectivity index (χ0n) is 20.8. The zero-order chi connectivity index (χ0) is 27.4. The topological polar surface area (TPSA) is 196 Å². The highest BCUT2D eigenvalue weighted by molar-refractivity contribution is 8.00. The molecule has 1 aromatic heterocycles. The summed E-state index contributed by atoms with van der Waals surface area (Å²) in [5, 5.41) is 27.7. The molecule has 4 heterocycles. The summed E-state index contributed by atoms with van der Waals surface area (Å²) in [5.41, 5.74) is 5.70. The number of hydrogen-bond acceptors (Lipinski definition) is 12. The van der Waals surface area contributed by atoms with Gasteiger partial charge in [0.2, 0.25) is 18.1 Å². The molecule has 0 saturated carbocycles. The molecule has 16 heteroatoms. The van der Waals surface area contributed by atoms with Gasteiger partial charge in [-0.05, 0) is 18.6 Å². The first-order valence-electron chi connectivity index (χ1n) is 11.8. The van der Waals surface area contributed by atoms with Crippen LogP contribution in [-0.2, 0) is 19.2 Å². The van der Waals surface area contributed by atoms with Crippen LogP contribution in [0, 0.1) is 11.3 Å². The molecule has 0 radical (unpaired) electrons. The van der Waals surface area contributed by atoms with Crippen molar-refractivity contribution < 1.29 is 28.8 Å². The molecule has 3 aliphatic heterocycles. The molecule has 2 saturated heterocycles. The van der Waals surface area contributed by atoms with Crippen molar-refractivity contribution in [3.05, 3.63) is 29.2 Å². The van der Waals surface area contributed by atoms with E-state index in [0.717, 1.165) is 42.2 Å². The number of piperazine rings is 1. The Kier molecular flexibility index (Phi) is 8.31. The lowest BCUT2D eigenvalue weighted by Gasteiger charge is -2.49. The number of carboxylic acid groups (broad SMARTS) is 1. The van der Waals surface area contributed by atoms with Gasteiger partial charge in [-0.1, -0.05) is 11.2 Å². The van der Waals surface area contributed by atoms with Gasteiger partial charge in [-0.25, -0.2) is 4.79 Å². The fourth-order valence-corrected chi connectivity index (χ4v) is 6.17. The first kappa shape index (κ1) is 27.5. The van der Waals surface area contributed by atoms with Crippen LogP contribution < -0.4 is 16.4 Å². The van der Waals surface area contributed by atoms with Gasteiger partial charge < -0.3 is 30.8 Å². The molecule has 2 unspecified atom stereocenters. The van der Waals surface area contributed by atoms with Crippen molar-refractivity contribution in [1.29, 1.82) is 5.26 Å². The number of hydrogen-bond donors (Lipinski definition) is 4. The number of nitrogens with two attached hydrogens (primary N) is 1. The number of rotatable bonds is 9. The second-order valence-electron chi connectivity index (χ2n) is 9.21. The molecule has 0 spiro atoms. The van der Waals surface area contributed by atoms with Gasteiger partial charge >= 0.3 is 5.97 Å². The lowest BCUT2D eigenvalue weighted by molar-refractivity contribution is -0.928. The maximum absolute atomic E-state index is 13.0. The zero-order valence-corrected chi connectivity index (χ0v) is 22.4. The van der Waals surface area contributed by atoms with Gasteiger partial charge in [-0.3, -0.25) is 14.5 Å². The number of nitrogen functional groups attached to an aromatic ring is 1. The summed E-state index contributed by atoms with van der Waals surface area (Å²) < 4.78 is 4.78.